The van der Waals surface area contributed by atoms with Crippen LogP contribution in [0.15, 0.2) is 0 Å². The molecule has 1 saturated carbocycles. The maximum Gasteiger partial charge on any atom is 0.00940 e. The van der Waals surface area contributed by atoms with E-state index in [0.29, 0.717) is 0 Å². The molecule has 2 fully saturated rings. The standard InChI is InChI=1S/C17H34N2/c1-3-11-18-17-10-13-19(15(2)14-17)12-6-9-16-7-4-5-8-16/h15-18H,3-14H2,1-2H3. The highest BCUT2D eigenvalue weighted by Crippen LogP contribution is 2.29. The number of hydrogen-bond donors (Lipinski definition) is 1. The molecule has 0 bridgehead atoms. The zero-order valence-electron chi connectivity index (χ0n) is 13.2. The first-order valence-electron chi connectivity index (χ1n) is 8.77. The molecule has 1 N–H and O–H groups in total. The van der Waals surface area contributed by atoms with E-state index in [4.69, 9.17) is 0 Å². The molecule has 0 aromatic rings. The number of nitrogens with one attached hydrogen (secondary N) is 1. The number of nitrogens with zero attached hydrogens (tertiary/aromatic N) is 1. The fraction of sp³-hybridized carbons (Fsp3) is 1.00. The predicted molar refractivity (Wildman–Crippen MR) is 83.5 cm³/mol. The first-order chi connectivity index (χ1) is 9.29. The molecule has 2 heteroatoms. The molecule has 0 aromatic carbocycles. The minimum Gasteiger partial charge on any atom is -0.314 e. The molecule has 0 aromatic heterocycles. The summed E-state index contributed by atoms with van der Waals surface area (Å²) >= 11 is 0. The summed E-state index contributed by atoms with van der Waals surface area (Å²) in [5.74, 6) is 1.07. The van der Waals surface area contributed by atoms with Crippen LogP contribution in [0.2, 0.25) is 0 Å². The van der Waals surface area contributed by atoms with Crippen LogP contribution in [-0.2, 0) is 0 Å². The second-order valence-electron chi connectivity index (χ2n) is 6.85. The van der Waals surface area contributed by atoms with Crippen molar-refractivity contribution in [1.29, 1.82) is 0 Å². The molecule has 2 rings (SSSR count). The second-order valence-corrected chi connectivity index (χ2v) is 6.85. The molecule has 2 atom stereocenters. The lowest BCUT2D eigenvalue weighted by molar-refractivity contribution is 0.132. The molecule has 2 unspecified atom stereocenters. The molecular weight excluding hydrogens is 232 g/mol. The molecule has 1 heterocycles. The smallest absolute Gasteiger partial charge is 0.00940 e. The fourth-order valence-corrected chi connectivity index (χ4v) is 3.97. The van der Waals surface area contributed by atoms with Crippen LogP contribution >= 0.6 is 0 Å². The van der Waals surface area contributed by atoms with E-state index in [1.54, 1.807) is 0 Å². The van der Waals surface area contributed by atoms with Gasteiger partial charge < -0.3 is 10.2 Å². The highest BCUT2D eigenvalue weighted by atomic mass is 15.2. The summed E-state index contributed by atoms with van der Waals surface area (Å²) in [6, 6.07) is 1.56. The van der Waals surface area contributed by atoms with Crippen LogP contribution in [0.4, 0.5) is 0 Å². The van der Waals surface area contributed by atoms with Crippen molar-refractivity contribution in [3.05, 3.63) is 0 Å². The lowest BCUT2D eigenvalue weighted by Gasteiger charge is -2.38. The molecule has 0 spiro atoms. The Morgan fingerprint density at radius 2 is 1.95 bits per heavy atom. The van der Waals surface area contributed by atoms with Crippen LogP contribution in [0.3, 0.4) is 0 Å². The highest BCUT2D eigenvalue weighted by Gasteiger charge is 2.24. The summed E-state index contributed by atoms with van der Waals surface area (Å²) < 4.78 is 0. The Hall–Kier alpha value is -0.0800. The van der Waals surface area contributed by atoms with Gasteiger partial charge in [0.2, 0.25) is 0 Å². The molecule has 1 aliphatic heterocycles. The van der Waals surface area contributed by atoms with E-state index in [2.05, 4.69) is 24.1 Å². The summed E-state index contributed by atoms with van der Waals surface area (Å²) in [6.45, 7) is 8.54. The van der Waals surface area contributed by atoms with E-state index in [0.717, 1.165) is 18.0 Å². The topological polar surface area (TPSA) is 15.3 Å². The van der Waals surface area contributed by atoms with E-state index in [9.17, 15) is 0 Å². The van der Waals surface area contributed by atoms with Gasteiger partial charge in [-0.2, -0.15) is 0 Å². The molecule has 1 saturated heterocycles. The van der Waals surface area contributed by atoms with Gasteiger partial charge in [-0.15, -0.1) is 0 Å². The van der Waals surface area contributed by atoms with Crippen LogP contribution in [0.5, 0.6) is 0 Å². The number of piperidine rings is 1. The Morgan fingerprint density at radius 1 is 1.16 bits per heavy atom. The highest BCUT2D eigenvalue weighted by molar-refractivity contribution is 4.83. The van der Waals surface area contributed by atoms with Crippen molar-refractivity contribution in [3.63, 3.8) is 0 Å². The van der Waals surface area contributed by atoms with Gasteiger partial charge in [-0.25, -0.2) is 0 Å². The molecule has 2 aliphatic rings. The van der Waals surface area contributed by atoms with Crippen molar-refractivity contribution in [2.75, 3.05) is 19.6 Å². The van der Waals surface area contributed by atoms with Crippen molar-refractivity contribution in [3.8, 4) is 0 Å². The second kappa shape index (κ2) is 8.26. The SMILES string of the molecule is CCCNC1CCN(CCCC2CCCC2)C(C)C1. The molecule has 112 valence electrons. The van der Waals surface area contributed by atoms with Gasteiger partial charge in [0.05, 0.1) is 0 Å². The number of likely N-dealkylation sites (tertiary alicyclic amines) is 1. The van der Waals surface area contributed by atoms with E-state index in [1.807, 2.05) is 0 Å². The third-order valence-electron chi connectivity index (χ3n) is 5.23. The zero-order chi connectivity index (χ0) is 13.5. The van der Waals surface area contributed by atoms with Crippen molar-refractivity contribution in [2.24, 2.45) is 5.92 Å². The summed E-state index contributed by atoms with van der Waals surface area (Å²) in [6.07, 6.45) is 12.9. The quantitative estimate of drug-likeness (QED) is 0.754. The van der Waals surface area contributed by atoms with Gasteiger partial charge in [0.15, 0.2) is 0 Å². The molecule has 19 heavy (non-hydrogen) atoms. The maximum absolute atomic E-state index is 3.70. The first kappa shape index (κ1) is 15.3. The lowest BCUT2D eigenvalue weighted by Crippen LogP contribution is -2.47. The van der Waals surface area contributed by atoms with Crippen molar-refractivity contribution >= 4 is 0 Å². The first-order valence-corrected chi connectivity index (χ1v) is 8.77. The van der Waals surface area contributed by atoms with Crippen molar-refractivity contribution in [2.45, 2.75) is 83.7 Å². The Morgan fingerprint density at radius 3 is 2.63 bits per heavy atom. The van der Waals surface area contributed by atoms with Crippen molar-refractivity contribution < 1.29 is 0 Å². The monoisotopic (exact) mass is 266 g/mol. The third kappa shape index (κ3) is 5.07. The van der Waals surface area contributed by atoms with Gasteiger partial charge in [-0.1, -0.05) is 32.6 Å². The van der Waals surface area contributed by atoms with Gasteiger partial charge in [0.1, 0.15) is 0 Å². The van der Waals surface area contributed by atoms with Crippen LogP contribution in [0.25, 0.3) is 0 Å². The molecule has 0 radical (unpaired) electrons. The lowest BCUT2D eigenvalue weighted by atomic mass is 9.96. The van der Waals surface area contributed by atoms with Gasteiger partial charge in [0.25, 0.3) is 0 Å². The molecule has 1 aliphatic carbocycles. The summed E-state index contributed by atoms with van der Waals surface area (Å²) in [4.78, 5) is 2.74. The van der Waals surface area contributed by atoms with Gasteiger partial charge in [0, 0.05) is 12.1 Å². The Kier molecular flexibility index (Phi) is 6.66. The number of hydrogen-bond acceptors (Lipinski definition) is 2. The van der Waals surface area contributed by atoms with Gasteiger partial charge in [-0.3, -0.25) is 0 Å². The normalized spacial score (nSPS) is 30.0. The van der Waals surface area contributed by atoms with Gasteiger partial charge in [-0.05, 0) is 64.6 Å². The average molecular weight is 266 g/mol. The Bertz CT molecular complexity index is 235. The van der Waals surface area contributed by atoms with Crippen LogP contribution in [0.1, 0.15) is 71.6 Å². The minimum absolute atomic E-state index is 0.779. The predicted octanol–water partition coefficient (Wildman–Crippen LogP) is 3.81. The summed E-state index contributed by atoms with van der Waals surface area (Å²) in [5, 5.41) is 3.70. The van der Waals surface area contributed by atoms with E-state index in [-0.39, 0.29) is 0 Å². The third-order valence-corrected chi connectivity index (χ3v) is 5.23. The molecular formula is C17H34N2. The van der Waals surface area contributed by atoms with Crippen molar-refractivity contribution in [1.82, 2.24) is 10.2 Å². The number of rotatable bonds is 7. The van der Waals surface area contributed by atoms with Crippen LogP contribution < -0.4 is 5.32 Å². The van der Waals surface area contributed by atoms with E-state index >= 15 is 0 Å². The zero-order valence-corrected chi connectivity index (χ0v) is 13.2. The Labute approximate surface area is 120 Å². The summed E-state index contributed by atoms with van der Waals surface area (Å²) in [7, 11) is 0. The fourth-order valence-electron chi connectivity index (χ4n) is 3.97. The average Bonchev–Trinajstić information content (AvgIpc) is 2.92. The molecule has 2 nitrogen and oxygen atoms in total. The Balaban J connectivity index is 1.59. The van der Waals surface area contributed by atoms with E-state index < -0.39 is 0 Å². The molecule has 0 amide bonds. The van der Waals surface area contributed by atoms with E-state index in [1.165, 1.54) is 77.4 Å². The maximum atomic E-state index is 3.70. The summed E-state index contributed by atoms with van der Waals surface area (Å²) in [5.41, 5.74) is 0. The van der Waals surface area contributed by atoms with Crippen LogP contribution in [0, 0.1) is 5.92 Å². The van der Waals surface area contributed by atoms with Crippen LogP contribution in [-0.4, -0.2) is 36.6 Å². The van der Waals surface area contributed by atoms with Gasteiger partial charge >= 0.3 is 0 Å². The minimum atomic E-state index is 0.779. The largest absolute Gasteiger partial charge is 0.314 e.